The van der Waals surface area contributed by atoms with E-state index in [1.807, 2.05) is 49.4 Å². The van der Waals surface area contributed by atoms with E-state index >= 15 is 0 Å². The van der Waals surface area contributed by atoms with Crippen LogP contribution in [0.25, 0.3) is 0 Å². The number of alkyl halides is 1. The summed E-state index contributed by atoms with van der Waals surface area (Å²) in [7, 11) is 0. The Kier molecular flexibility index (Phi) is 5.04. The van der Waals surface area contributed by atoms with Crippen LogP contribution in [0.4, 0.5) is 0 Å². The zero-order chi connectivity index (χ0) is 13.5. The van der Waals surface area contributed by atoms with Crippen molar-refractivity contribution in [1.29, 1.82) is 0 Å². The molecule has 3 nitrogen and oxygen atoms in total. The van der Waals surface area contributed by atoms with Gasteiger partial charge >= 0.3 is 0 Å². The average molecular weight is 278 g/mol. The molecule has 2 rings (SSSR count). The second-order valence-corrected chi connectivity index (χ2v) is 4.31. The molecule has 0 unspecified atom stereocenters. The highest BCUT2D eigenvalue weighted by atomic mass is 35.5. The summed E-state index contributed by atoms with van der Waals surface area (Å²) < 4.78 is 11.2. The van der Waals surface area contributed by atoms with Crippen LogP contribution < -0.4 is 9.47 Å². The third kappa shape index (κ3) is 4.14. The molecular weight excluding hydrogens is 262 g/mol. The van der Waals surface area contributed by atoms with E-state index in [4.69, 9.17) is 21.1 Å². The second-order valence-electron chi connectivity index (χ2n) is 4.04. The largest absolute Gasteiger partial charge is 0.490 e. The summed E-state index contributed by atoms with van der Waals surface area (Å²) in [6, 6.07) is 13.5. The van der Waals surface area contributed by atoms with Gasteiger partial charge in [0, 0.05) is 5.69 Å². The summed E-state index contributed by atoms with van der Waals surface area (Å²) in [5, 5.41) is 0. The van der Waals surface area contributed by atoms with Crippen molar-refractivity contribution in [2.24, 2.45) is 0 Å². The van der Waals surface area contributed by atoms with Gasteiger partial charge in [-0.1, -0.05) is 18.2 Å². The summed E-state index contributed by atoms with van der Waals surface area (Å²) in [5.74, 6) is 1.90. The van der Waals surface area contributed by atoms with Crippen LogP contribution in [-0.4, -0.2) is 18.2 Å². The molecule has 4 heteroatoms. The first-order valence-corrected chi connectivity index (χ1v) is 6.66. The van der Waals surface area contributed by atoms with Crippen molar-refractivity contribution in [3.8, 4) is 11.5 Å². The zero-order valence-electron chi connectivity index (χ0n) is 10.8. The van der Waals surface area contributed by atoms with Crippen LogP contribution in [0.3, 0.4) is 0 Å². The Morgan fingerprint density at radius 1 is 1.00 bits per heavy atom. The van der Waals surface area contributed by atoms with E-state index < -0.39 is 0 Å². The Bertz CT molecular complexity index is 517. The number of hydrogen-bond donors (Lipinski definition) is 0. The highest BCUT2D eigenvalue weighted by Crippen LogP contribution is 2.18. The third-order valence-corrected chi connectivity index (χ3v) is 2.80. The topological polar surface area (TPSA) is 31.4 Å². The highest BCUT2D eigenvalue weighted by Gasteiger charge is 2.04. The molecular formula is C15H16ClNO2. The third-order valence-electron chi connectivity index (χ3n) is 2.55. The van der Waals surface area contributed by atoms with Gasteiger partial charge in [0.1, 0.15) is 24.7 Å². The Hall–Kier alpha value is -1.74. The maximum Gasteiger partial charge on any atom is 0.142 e. The Labute approximate surface area is 118 Å². The number of aryl methyl sites for hydroxylation is 1. The van der Waals surface area contributed by atoms with Crippen molar-refractivity contribution in [3.63, 3.8) is 0 Å². The number of hydrogen-bond acceptors (Lipinski definition) is 3. The van der Waals surface area contributed by atoms with E-state index in [0.717, 1.165) is 22.9 Å². The van der Waals surface area contributed by atoms with Crippen molar-refractivity contribution in [3.05, 3.63) is 53.9 Å². The fourth-order valence-corrected chi connectivity index (χ4v) is 1.84. The van der Waals surface area contributed by atoms with Crippen LogP contribution in [0, 0.1) is 6.92 Å². The molecule has 0 aliphatic carbocycles. The lowest BCUT2D eigenvalue weighted by molar-refractivity contribution is 0.215. The number of halogens is 1. The maximum absolute atomic E-state index is 5.84. The fourth-order valence-electron chi connectivity index (χ4n) is 1.65. The van der Waals surface area contributed by atoms with E-state index in [0.29, 0.717) is 19.1 Å². The normalized spacial score (nSPS) is 10.2. The van der Waals surface area contributed by atoms with Gasteiger partial charge in [-0.15, -0.1) is 11.6 Å². The first-order chi connectivity index (χ1) is 9.29. The predicted octanol–water partition coefficient (Wildman–Crippen LogP) is 3.59. The summed E-state index contributed by atoms with van der Waals surface area (Å²) in [6.45, 7) is 2.88. The lowest BCUT2D eigenvalue weighted by atomic mass is 10.3. The molecule has 0 N–H and O–H groups in total. The molecule has 0 saturated heterocycles. The first-order valence-electron chi connectivity index (χ1n) is 6.12. The lowest BCUT2D eigenvalue weighted by Crippen LogP contribution is -2.10. The van der Waals surface area contributed by atoms with Gasteiger partial charge in [0.25, 0.3) is 0 Å². The van der Waals surface area contributed by atoms with Gasteiger partial charge < -0.3 is 9.47 Å². The monoisotopic (exact) mass is 277 g/mol. The number of ether oxygens (including phenoxy) is 2. The van der Waals surface area contributed by atoms with Crippen molar-refractivity contribution >= 4 is 11.6 Å². The van der Waals surface area contributed by atoms with Crippen LogP contribution in [-0.2, 0) is 5.88 Å². The molecule has 0 amide bonds. The number of rotatable bonds is 6. The van der Waals surface area contributed by atoms with Crippen molar-refractivity contribution in [2.45, 2.75) is 12.8 Å². The molecule has 0 atom stereocenters. The SMILES string of the molecule is Cc1ccc(OCCOc2ccccc2)c(CCl)n1. The van der Waals surface area contributed by atoms with Gasteiger partial charge in [-0.05, 0) is 31.2 Å². The first kappa shape index (κ1) is 13.7. The molecule has 0 fully saturated rings. The van der Waals surface area contributed by atoms with Gasteiger partial charge in [-0.3, -0.25) is 4.98 Å². The molecule has 1 heterocycles. The molecule has 0 bridgehead atoms. The van der Waals surface area contributed by atoms with Crippen LogP contribution >= 0.6 is 11.6 Å². The maximum atomic E-state index is 5.84. The molecule has 2 aromatic rings. The average Bonchev–Trinajstić information content (AvgIpc) is 2.46. The minimum atomic E-state index is 0.344. The molecule has 0 radical (unpaired) electrons. The molecule has 0 aliphatic rings. The Morgan fingerprint density at radius 2 is 1.74 bits per heavy atom. The lowest BCUT2D eigenvalue weighted by Gasteiger charge is -2.10. The van der Waals surface area contributed by atoms with Gasteiger partial charge in [0.15, 0.2) is 0 Å². The minimum Gasteiger partial charge on any atom is -0.490 e. The number of para-hydroxylation sites is 1. The van der Waals surface area contributed by atoms with Gasteiger partial charge in [-0.2, -0.15) is 0 Å². The summed E-state index contributed by atoms with van der Waals surface area (Å²) in [4.78, 5) is 4.33. The highest BCUT2D eigenvalue weighted by molar-refractivity contribution is 6.17. The standard InChI is InChI=1S/C15H16ClNO2/c1-12-7-8-15(14(11-16)17-12)19-10-9-18-13-5-3-2-4-6-13/h2-8H,9-11H2,1H3. The number of benzene rings is 1. The van der Waals surface area contributed by atoms with Gasteiger partial charge in [0.2, 0.25) is 0 Å². The number of aromatic nitrogens is 1. The Morgan fingerprint density at radius 3 is 2.47 bits per heavy atom. The number of nitrogens with zero attached hydrogens (tertiary/aromatic N) is 1. The van der Waals surface area contributed by atoms with E-state index in [1.54, 1.807) is 0 Å². The van der Waals surface area contributed by atoms with E-state index in [-0.39, 0.29) is 0 Å². The molecule has 0 spiro atoms. The summed E-state index contributed by atoms with van der Waals surface area (Å²) in [6.07, 6.45) is 0. The van der Waals surface area contributed by atoms with Crippen molar-refractivity contribution < 1.29 is 9.47 Å². The van der Waals surface area contributed by atoms with Crippen LogP contribution in [0.1, 0.15) is 11.4 Å². The summed E-state index contributed by atoms with van der Waals surface area (Å²) in [5.41, 5.74) is 1.70. The molecule has 0 saturated carbocycles. The van der Waals surface area contributed by atoms with E-state index in [1.165, 1.54) is 0 Å². The number of pyridine rings is 1. The van der Waals surface area contributed by atoms with Crippen molar-refractivity contribution in [2.75, 3.05) is 13.2 Å². The fraction of sp³-hybridized carbons (Fsp3) is 0.267. The second kappa shape index (κ2) is 7.00. The quantitative estimate of drug-likeness (QED) is 0.597. The zero-order valence-corrected chi connectivity index (χ0v) is 11.6. The van der Waals surface area contributed by atoms with E-state index in [9.17, 15) is 0 Å². The molecule has 100 valence electrons. The predicted molar refractivity (Wildman–Crippen MR) is 76.0 cm³/mol. The molecule has 0 aliphatic heterocycles. The van der Waals surface area contributed by atoms with Gasteiger partial charge in [-0.25, -0.2) is 0 Å². The molecule has 1 aromatic carbocycles. The van der Waals surface area contributed by atoms with Crippen LogP contribution in [0.2, 0.25) is 0 Å². The van der Waals surface area contributed by atoms with Crippen molar-refractivity contribution in [1.82, 2.24) is 4.98 Å². The van der Waals surface area contributed by atoms with E-state index in [2.05, 4.69) is 4.98 Å². The Balaban J connectivity index is 1.83. The molecule has 1 aromatic heterocycles. The smallest absolute Gasteiger partial charge is 0.142 e. The van der Waals surface area contributed by atoms with Crippen LogP contribution in [0.15, 0.2) is 42.5 Å². The summed E-state index contributed by atoms with van der Waals surface area (Å²) >= 11 is 5.84. The minimum absolute atomic E-state index is 0.344. The molecule has 19 heavy (non-hydrogen) atoms. The van der Waals surface area contributed by atoms with Crippen LogP contribution in [0.5, 0.6) is 11.5 Å². The van der Waals surface area contributed by atoms with Gasteiger partial charge in [0.05, 0.1) is 11.6 Å².